The summed E-state index contributed by atoms with van der Waals surface area (Å²) in [6.07, 6.45) is 9.06. The van der Waals surface area contributed by atoms with Crippen LogP contribution in [0.3, 0.4) is 0 Å². The van der Waals surface area contributed by atoms with Gasteiger partial charge < -0.3 is 16.0 Å². The van der Waals surface area contributed by atoms with Crippen LogP contribution < -0.4 is 11.5 Å². The molecule has 1 heterocycles. The SMILES string of the molecule is C=C(N)N=C/C(=C\N)c1ccc(C(C)(c2noc(C3(C)CCCCC3)n2)C(C)C)cc1. The van der Waals surface area contributed by atoms with Crippen molar-refractivity contribution in [3.8, 4) is 0 Å². The van der Waals surface area contributed by atoms with Gasteiger partial charge in [0.05, 0.1) is 5.41 Å². The van der Waals surface area contributed by atoms with E-state index in [0.717, 1.165) is 41.3 Å². The van der Waals surface area contributed by atoms with E-state index in [1.165, 1.54) is 25.5 Å². The van der Waals surface area contributed by atoms with E-state index in [2.05, 4.69) is 56.6 Å². The Hall–Kier alpha value is -2.89. The molecule has 0 spiro atoms. The number of allylic oxidation sites excluding steroid dienone is 1. The van der Waals surface area contributed by atoms with Crippen LogP contribution in [0, 0.1) is 5.92 Å². The van der Waals surface area contributed by atoms with Crippen molar-refractivity contribution in [3.05, 3.63) is 65.7 Å². The van der Waals surface area contributed by atoms with Gasteiger partial charge in [0.15, 0.2) is 5.82 Å². The number of rotatable bonds is 7. The van der Waals surface area contributed by atoms with Gasteiger partial charge in [0.1, 0.15) is 5.82 Å². The van der Waals surface area contributed by atoms with E-state index < -0.39 is 0 Å². The molecular weight excluding hydrogens is 386 g/mol. The molecule has 1 aliphatic carbocycles. The first-order valence-corrected chi connectivity index (χ1v) is 11.1. The summed E-state index contributed by atoms with van der Waals surface area (Å²) in [7, 11) is 0. The molecule has 31 heavy (non-hydrogen) atoms. The Morgan fingerprint density at radius 3 is 2.42 bits per heavy atom. The second kappa shape index (κ2) is 9.08. The molecular formula is C25H35N5O. The lowest BCUT2D eigenvalue weighted by Gasteiger charge is -2.32. The minimum atomic E-state index is -0.377. The van der Waals surface area contributed by atoms with Crippen LogP contribution in [-0.2, 0) is 10.8 Å². The highest BCUT2D eigenvalue weighted by Gasteiger charge is 2.40. The maximum atomic E-state index is 5.83. The Morgan fingerprint density at radius 1 is 1.23 bits per heavy atom. The van der Waals surface area contributed by atoms with Crippen molar-refractivity contribution in [1.82, 2.24) is 10.1 Å². The van der Waals surface area contributed by atoms with E-state index >= 15 is 0 Å². The quantitative estimate of drug-likeness (QED) is 0.609. The number of hydrogen-bond donors (Lipinski definition) is 2. The predicted octanol–water partition coefficient (Wildman–Crippen LogP) is 5.05. The highest BCUT2D eigenvalue weighted by atomic mass is 16.5. The number of nitrogens with two attached hydrogens (primary N) is 2. The molecule has 4 N–H and O–H groups in total. The third-order valence-electron chi connectivity index (χ3n) is 6.89. The molecule has 1 atom stereocenters. The fraction of sp³-hybridized carbons (Fsp3) is 0.480. The summed E-state index contributed by atoms with van der Waals surface area (Å²) in [5, 5.41) is 4.47. The van der Waals surface area contributed by atoms with Crippen molar-refractivity contribution in [2.45, 2.75) is 70.6 Å². The van der Waals surface area contributed by atoms with Gasteiger partial charge >= 0.3 is 0 Å². The summed E-state index contributed by atoms with van der Waals surface area (Å²) in [5.41, 5.74) is 13.8. The summed E-state index contributed by atoms with van der Waals surface area (Å²) in [4.78, 5) is 8.99. The molecule has 3 rings (SSSR count). The Bertz CT molecular complexity index is 964. The Labute approximate surface area is 185 Å². The smallest absolute Gasteiger partial charge is 0.232 e. The zero-order valence-corrected chi connectivity index (χ0v) is 19.2. The van der Waals surface area contributed by atoms with E-state index in [4.69, 9.17) is 21.0 Å². The predicted molar refractivity (Wildman–Crippen MR) is 126 cm³/mol. The molecule has 1 aromatic heterocycles. The molecule has 1 aliphatic rings. The third-order valence-corrected chi connectivity index (χ3v) is 6.89. The molecule has 6 heteroatoms. The summed E-state index contributed by atoms with van der Waals surface area (Å²) in [6.45, 7) is 12.4. The molecule has 1 aromatic carbocycles. The monoisotopic (exact) mass is 421 g/mol. The largest absolute Gasteiger partial charge is 0.404 e. The summed E-state index contributed by atoms with van der Waals surface area (Å²) >= 11 is 0. The average Bonchev–Trinajstić information content (AvgIpc) is 3.26. The Balaban J connectivity index is 1.94. The van der Waals surface area contributed by atoms with Crippen molar-refractivity contribution in [1.29, 1.82) is 0 Å². The maximum Gasteiger partial charge on any atom is 0.232 e. The van der Waals surface area contributed by atoms with Crippen LogP contribution in [0.4, 0.5) is 0 Å². The topological polar surface area (TPSA) is 103 Å². The molecule has 2 aromatic rings. The molecule has 0 amide bonds. The van der Waals surface area contributed by atoms with E-state index in [1.54, 1.807) is 6.21 Å². The zero-order valence-electron chi connectivity index (χ0n) is 19.2. The maximum absolute atomic E-state index is 5.83. The average molecular weight is 422 g/mol. The molecule has 0 bridgehead atoms. The van der Waals surface area contributed by atoms with Crippen LogP contribution in [0.5, 0.6) is 0 Å². The van der Waals surface area contributed by atoms with Gasteiger partial charge in [0.25, 0.3) is 0 Å². The molecule has 0 radical (unpaired) electrons. The summed E-state index contributed by atoms with van der Waals surface area (Å²) in [5.74, 6) is 2.03. The third kappa shape index (κ3) is 4.58. The van der Waals surface area contributed by atoms with Gasteiger partial charge in [-0.05, 0) is 36.8 Å². The fourth-order valence-corrected chi connectivity index (χ4v) is 4.32. The molecule has 166 valence electrons. The van der Waals surface area contributed by atoms with E-state index in [1.807, 2.05) is 12.1 Å². The lowest BCUT2D eigenvalue weighted by molar-refractivity contribution is 0.230. The van der Waals surface area contributed by atoms with Gasteiger partial charge in [-0.2, -0.15) is 4.98 Å². The molecule has 0 aliphatic heterocycles. The van der Waals surface area contributed by atoms with Crippen LogP contribution in [0.15, 0.2) is 52.4 Å². The van der Waals surface area contributed by atoms with E-state index in [0.29, 0.717) is 0 Å². The van der Waals surface area contributed by atoms with Crippen molar-refractivity contribution in [3.63, 3.8) is 0 Å². The van der Waals surface area contributed by atoms with Crippen LogP contribution in [0.1, 0.15) is 82.6 Å². The fourth-order valence-electron chi connectivity index (χ4n) is 4.32. The second-order valence-electron chi connectivity index (χ2n) is 9.35. The van der Waals surface area contributed by atoms with Gasteiger partial charge in [-0.1, -0.05) is 76.0 Å². The number of aromatic nitrogens is 2. The Morgan fingerprint density at radius 2 is 1.87 bits per heavy atom. The van der Waals surface area contributed by atoms with Crippen molar-refractivity contribution in [2.24, 2.45) is 22.4 Å². The second-order valence-corrected chi connectivity index (χ2v) is 9.35. The first-order chi connectivity index (χ1) is 14.7. The minimum Gasteiger partial charge on any atom is -0.404 e. The normalized spacial score (nSPS) is 18.9. The highest BCUT2D eigenvalue weighted by Crippen LogP contribution is 2.41. The standard InChI is InChI=1S/C25H35N5O/c1-17(2)25(5,22-29-23(31-30-22)24(4)13-7-6-8-14-24)21-11-9-19(10-12-21)20(15-26)16-28-18(3)27/h9-12,15-17H,3,6-8,13-14,26-27H2,1-2,4-5H3/b20-15+,28-16?. The first kappa shape index (κ1) is 22.8. The molecule has 6 nitrogen and oxygen atoms in total. The van der Waals surface area contributed by atoms with Crippen molar-refractivity contribution in [2.75, 3.05) is 0 Å². The van der Waals surface area contributed by atoms with Gasteiger partial charge in [-0.3, -0.25) is 0 Å². The van der Waals surface area contributed by atoms with Gasteiger partial charge in [0, 0.05) is 23.4 Å². The number of hydrogen-bond acceptors (Lipinski definition) is 6. The first-order valence-electron chi connectivity index (χ1n) is 11.1. The van der Waals surface area contributed by atoms with Gasteiger partial charge in [-0.25, -0.2) is 4.99 Å². The number of benzene rings is 1. The number of aliphatic imine (C=N–C) groups is 1. The zero-order chi connectivity index (χ0) is 22.6. The number of nitrogens with zero attached hydrogens (tertiary/aromatic N) is 3. The van der Waals surface area contributed by atoms with E-state index in [9.17, 15) is 0 Å². The summed E-state index contributed by atoms with van der Waals surface area (Å²) in [6, 6.07) is 8.26. The van der Waals surface area contributed by atoms with Crippen LogP contribution in [0.25, 0.3) is 5.57 Å². The molecule has 1 fully saturated rings. The lowest BCUT2D eigenvalue weighted by Crippen LogP contribution is -2.32. The highest BCUT2D eigenvalue weighted by molar-refractivity contribution is 6.09. The summed E-state index contributed by atoms with van der Waals surface area (Å²) < 4.78 is 5.83. The molecule has 0 saturated heterocycles. The lowest BCUT2D eigenvalue weighted by atomic mass is 9.72. The molecule has 1 unspecified atom stereocenters. The molecule has 1 saturated carbocycles. The van der Waals surface area contributed by atoms with Crippen molar-refractivity contribution >= 4 is 11.8 Å². The van der Waals surface area contributed by atoms with Gasteiger partial charge in [-0.15, -0.1) is 0 Å². The Kier molecular flexibility index (Phi) is 6.68. The van der Waals surface area contributed by atoms with Crippen LogP contribution in [0.2, 0.25) is 0 Å². The van der Waals surface area contributed by atoms with Crippen molar-refractivity contribution < 1.29 is 4.52 Å². The van der Waals surface area contributed by atoms with E-state index in [-0.39, 0.29) is 22.6 Å². The van der Waals surface area contributed by atoms with Crippen LogP contribution in [-0.4, -0.2) is 16.4 Å². The minimum absolute atomic E-state index is 0.0155. The van der Waals surface area contributed by atoms with Crippen LogP contribution >= 0.6 is 0 Å². The van der Waals surface area contributed by atoms with Gasteiger partial charge in [0.2, 0.25) is 5.89 Å².